The minimum Gasteiger partial charge on any atom is -0.462 e. The van der Waals surface area contributed by atoms with E-state index in [-0.39, 0.29) is 0 Å². The standard InChI is InChI=1S/C15H24N4O2/c1-5-21-15(20)12-6-7-17-14(13(12)16)19-8-10(2)18(4)11(3)9-19/h6-7,10-11H,5,8-9,16H2,1-4H3. The van der Waals surface area contributed by atoms with Crippen LogP contribution in [-0.2, 0) is 4.74 Å². The Labute approximate surface area is 125 Å². The number of rotatable bonds is 3. The number of nitrogens with zero attached hydrogens (tertiary/aromatic N) is 3. The molecule has 1 aliphatic rings. The van der Waals surface area contributed by atoms with Gasteiger partial charge in [-0.25, -0.2) is 9.78 Å². The van der Waals surface area contributed by atoms with Crippen molar-refractivity contribution in [3.63, 3.8) is 0 Å². The van der Waals surface area contributed by atoms with Crippen molar-refractivity contribution in [2.24, 2.45) is 0 Å². The predicted molar refractivity (Wildman–Crippen MR) is 83.5 cm³/mol. The van der Waals surface area contributed by atoms with E-state index in [1.54, 1.807) is 19.2 Å². The van der Waals surface area contributed by atoms with Gasteiger partial charge in [0.2, 0.25) is 0 Å². The molecule has 6 heteroatoms. The molecule has 2 heterocycles. The van der Waals surface area contributed by atoms with Crippen LogP contribution in [0.4, 0.5) is 11.5 Å². The topological polar surface area (TPSA) is 71.7 Å². The van der Waals surface area contributed by atoms with Crippen LogP contribution in [0.25, 0.3) is 0 Å². The monoisotopic (exact) mass is 292 g/mol. The average molecular weight is 292 g/mol. The summed E-state index contributed by atoms with van der Waals surface area (Å²) in [6, 6.07) is 2.42. The summed E-state index contributed by atoms with van der Waals surface area (Å²) in [5.74, 6) is 0.279. The molecule has 0 saturated carbocycles. The highest BCUT2D eigenvalue weighted by Crippen LogP contribution is 2.27. The van der Waals surface area contributed by atoms with Gasteiger partial charge in [-0.3, -0.25) is 4.90 Å². The molecule has 2 unspecified atom stereocenters. The summed E-state index contributed by atoms with van der Waals surface area (Å²) >= 11 is 0. The number of nitrogen functional groups attached to an aromatic ring is 1. The van der Waals surface area contributed by atoms with Gasteiger partial charge in [0.1, 0.15) is 0 Å². The summed E-state index contributed by atoms with van der Waals surface area (Å²) < 4.78 is 5.04. The van der Waals surface area contributed by atoms with Crippen LogP contribution >= 0.6 is 0 Å². The fraction of sp³-hybridized carbons (Fsp3) is 0.600. The lowest BCUT2D eigenvalue weighted by Crippen LogP contribution is -2.55. The molecular weight excluding hydrogens is 268 g/mol. The fourth-order valence-corrected chi connectivity index (χ4v) is 2.68. The smallest absolute Gasteiger partial charge is 0.340 e. The zero-order valence-corrected chi connectivity index (χ0v) is 13.2. The van der Waals surface area contributed by atoms with Crippen molar-refractivity contribution < 1.29 is 9.53 Å². The molecule has 21 heavy (non-hydrogen) atoms. The Morgan fingerprint density at radius 1 is 1.43 bits per heavy atom. The zero-order chi connectivity index (χ0) is 15.6. The van der Waals surface area contributed by atoms with Gasteiger partial charge in [-0.05, 0) is 33.9 Å². The van der Waals surface area contributed by atoms with Crippen molar-refractivity contribution in [1.29, 1.82) is 0 Å². The van der Waals surface area contributed by atoms with Crippen LogP contribution in [0.2, 0.25) is 0 Å². The number of aromatic nitrogens is 1. The Bertz CT molecular complexity index is 508. The number of carbonyl (C=O) groups excluding carboxylic acids is 1. The Hall–Kier alpha value is -1.82. The van der Waals surface area contributed by atoms with Crippen LogP contribution in [0.5, 0.6) is 0 Å². The van der Waals surface area contributed by atoms with Crippen molar-refractivity contribution in [2.45, 2.75) is 32.9 Å². The lowest BCUT2D eigenvalue weighted by molar-refractivity contribution is 0.0527. The largest absolute Gasteiger partial charge is 0.462 e. The highest BCUT2D eigenvalue weighted by molar-refractivity contribution is 5.97. The number of pyridine rings is 1. The summed E-state index contributed by atoms with van der Waals surface area (Å²) in [5.41, 5.74) is 6.94. The summed E-state index contributed by atoms with van der Waals surface area (Å²) in [5, 5.41) is 0. The molecule has 1 aromatic heterocycles. The van der Waals surface area contributed by atoms with Crippen LogP contribution in [0.1, 0.15) is 31.1 Å². The molecule has 0 spiro atoms. The first kappa shape index (κ1) is 15.6. The van der Waals surface area contributed by atoms with Gasteiger partial charge < -0.3 is 15.4 Å². The second-order valence-electron chi connectivity index (χ2n) is 5.58. The summed E-state index contributed by atoms with van der Waals surface area (Å²) in [4.78, 5) is 20.8. The average Bonchev–Trinajstić information content (AvgIpc) is 2.44. The van der Waals surface area contributed by atoms with Crippen LogP contribution < -0.4 is 10.6 Å². The van der Waals surface area contributed by atoms with Gasteiger partial charge in [0.15, 0.2) is 5.82 Å². The van der Waals surface area contributed by atoms with Gasteiger partial charge in [0, 0.05) is 31.4 Å². The molecule has 6 nitrogen and oxygen atoms in total. The van der Waals surface area contributed by atoms with Crippen LogP contribution in [0.15, 0.2) is 12.3 Å². The first-order chi connectivity index (χ1) is 9.95. The molecule has 0 bridgehead atoms. The molecule has 2 N–H and O–H groups in total. The van der Waals surface area contributed by atoms with E-state index in [0.29, 0.717) is 35.8 Å². The lowest BCUT2D eigenvalue weighted by atomic mass is 10.1. The highest BCUT2D eigenvalue weighted by atomic mass is 16.5. The van der Waals surface area contributed by atoms with Crippen molar-refractivity contribution in [3.05, 3.63) is 17.8 Å². The van der Waals surface area contributed by atoms with Gasteiger partial charge in [-0.15, -0.1) is 0 Å². The molecule has 0 aliphatic carbocycles. The number of hydrogen-bond donors (Lipinski definition) is 1. The maximum absolute atomic E-state index is 11.9. The number of ether oxygens (including phenoxy) is 1. The molecule has 1 aliphatic heterocycles. The van der Waals surface area contributed by atoms with Crippen molar-refractivity contribution in [1.82, 2.24) is 9.88 Å². The van der Waals surface area contributed by atoms with E-state index in [9.17, 15) is 4.79 Å². The number of hydrogen-bond acceptors (Lipinski definition) is 6. The van der Waals surface area contributed by atoms with E-state index in [4.69, 9.17) is 10.5 Å². The summed E-state index contributed by atoms with van der Waals surface area (Å²) in [7, 11) is 2.12. The van der Waals surface area contributed by atoms with Crippen molar-refractivity contribution >= 4 is 17.5 Å². The SMILES string of the molecule is CCOC(=O)c1ccnc(N2CC(C)N(C)C(C)C2)c1N. The fourth-order valence-electron chi connectivity index (χ4n) is 2.68. The van der Waals surface area contributed by atoms with Gasteiger partial charge >= 0.3 is 5.97 Å². The van der Waals surface area contributed by atoms with Crippen LogP contribution in [0.3, 0.4) is 0 Å². The molecule has 0 aromatic carbocycles. The van der Waals surface area contributed by atoms with Crippen LogP contribution in [0, 0.1) is 0 Å². The highest BCUT2D eigenvalue weighted by Gasteiger charge is 2.29. The molecular formula is C15H24N4O2. The van der Waals surface area contributed by atoms with Gasteiger partial charge in [-0.2, -0.15) is 0 Å². The molecule has 0 amide bonds. The van der Waals surface area contributed by atoms with Gasteiger partial charge in [0.05, 0.1) is 17.9 Å². The molecule has 116 valence electrons. The Morgan fingerprint density at radius 2 is 2.05 bits per heavy atom. The maximum Gasteiger partial charge on any atom is 0.340 e. The molecule has 1 fully saturated rings. The quantitative estimate of drug-likeness (QED) is 0.848. The second kappa shape index (κ2) is 6.30. The van der Waals surface area contributed by atoms with E-state index < -0.39 is 5.97 Å². The van der Waals surface area contributed by atoms with E-state index in [0.717, 1.165) is 13.1 Å². The van der Waals surface area contributed by atoms with E-state index in [1.165, 1.54) is 0 Å². The third kappa shape index (κ3) is 3.10. The molecule has 1 saturated heterocycles. The minimum absolute atomic E-state index is 0.332. The lowest BCUT2D eigenvalue weighted by Gasteiger charge is -2.43. The zero-order valence-electron chi connectivity index (χ0n) is 13.2. The third-order valence-corrected chi connectivity index (χ3v) is 4.12. The normalized spacial score (nSPS) is 23.1. The van der Waals surface area contributed by atoms with E-state index >= 15 is 0 Å². The van der Waals surface area contributed by atoms with Gasteiger partial charge in [0.25, 0.3) is 0 Å². The Kier molecular flexibility index (Phi) is 4.67. The Balaban J connectivity index is 2.28. The van der Waals surface area contributed by atoms with E-state index in [1.807, 2.05) is 0 Å². The second-order valence-corrected chi connectivity index (χ2v) is 5.58. The number of nitrogens with two attached hydrogens (primary N) is 1. The number of carbonyl (C=O) groups is 1. The number of likely N-dealkylation sites (N-methyl/N-ethyl adjacent to an activating group) is 1. The number of anilines is 2. The maximum atomic E-state index is 11.9. The minimum atomic E-state index is -0.395. The number of esters is 1. The molecule has 2 atom stereocenters. The van der Waals surface area contributed by atoms with Crippen LogP contribution in [-0.4, -0.2) is 54.7 Å². The molecule has 1 aromatic rings. The summed E-state index contributed by atoms with van der Waals surface area (Å²) in [6.07, 6.45) is 1.62. The first-order valence-electron chi connectivity index (χ1n) is 7.34. The van der Waals surface area contributed by atoms with Gasteiger partial charge in [-0.1, -0.05) is 0 Å². The first-order valence-corrected chi connectivity index (χ1v) is 7.34. The van der Waals surface area contributed by atoms with Crippen molar-refractivity contribution in [3.8, 4) is 0 Å². The summed E-state index contributed by atoms with van der Waals surface area (Å²) in [6.45, 7) is 8.13. The van der Waals surface area contributed by atoms with Crippen molar-refractivity contribution in [2.75, 3.05) is 37.4 Å². The Morgan fingerprint density at radius 3 is 2.62 bits per heavy atom. The molecule has 2 rings (SSSR count). The number of piperazine rings is 1. The third-order valence-electron chi connectivity index (χ3n) is 4.12. The predicted octanol–water partition coefficient (Wildman–Crippen LogP) is 1.37. The van der Waals surface area contributed by atoms with E-state index in [2.05, 4.69) is 35.7 Å². The molecule has 0 radical (unpaired) electrons.